The second-order valence-corrected chi connectivity index (χ2v) is 12.2. The average molecular weight is 644 g/mol. The number of ether oxygens (including phenoxy) is 1. The van der Waals surface area contributed by atoms with Gasteiger partial charge >= 0.3 is 0 Å². The van der Waals surface area contributed by atoms with Crippen LogP contribution in [0.3, 0.4) is 0 Å². The lowest BCUT2D eigenvalue weighted by Crippen LogP contribution is -2.52. The van der Waals surface area contributed by atoms with Gasteiger partial charge in [-0.15, -0.1) is 0 Å². The van der Waals surface area contributed by atoms with Crippen LogP contribution in [-0.4, -0.2) is 75.4 Å². The summed E-state index contributed by atoms with van der Waals surface area (Å²) in [6.07, 6.45) is -1.32. The highest BCUT2D eigenvalue weighted by atomic mass is 19.3. The van der Waals surface area contributed by atoms with Gasteiger partial charge in [0.15, 0.2) is 5.82 Å². The van der Waals surface area contributed by atoms with Crippen LogP contribution in [0.2, 0.25) is 0 Å². The minimum absolute atomic E-state index is 0.180. The number of hydrogen-bond acceptors (Lipinski definition) is 6. The molecule has 0 unspecified atom stereocenters. The van der Waals surface area contributed by atoms with Gasteiger partial charge in [0, 0.05) is 38.6 Å². The van der Waals surface area contributed by atoms with E-state index in [1.165, 1.54) is 23.8 Å². The third-order valence-corrected chi connectivity index (χ3v) is 8.95. The molecule has 4 atom stereocenters. The Bertz CT molecular complexity index is 1790. The van der Waals surface area contributed by atoms with Crippen molar-refractivity contribution in [2.24, 2.45) is 7.05 Å². The Morgan fingerprint density at radius 1 is 1.15 bits per heavy atom. The Morgan fingerprint density at radius 3 is 2.72 bits per heavy atom. The molecule has 4 aromatic rings. The van der Waals surface area contributed by atoms with Gasteiger partial charge in [0.1, 0.15) is 23.7 Å². The number of pyridine rings is 1. The second-order valence-electron chi connectivity index (χ2n) is 12.2. The quantitative estimate of drug-likeness (QED) is 0.281. The van der Waals surface area contributed by atoms with Gasteiger partial charge in [-0.05, 0) is 57.0 Å². The first-order valence-corrected chi connectivity index (χ1v) is 15.5. The van der Waals surface area contributed by atoms with Crippen LogP contribution in [0.25, 0.3) is 33.6 Å². The summed E-state index contributed by atoms with van der Waals surface area (Å²) in [5.74, 6) is -4.77. The monoisotopic (exact) mass is 643 g/mol. The summed E-state index contributed by atoms with van der Waals surface area (Å²) in [4.78, 5) is 35.2. The minimum atomic E-state index is -3.12. The number of piperidine rings is 1. The van der Waals surface area contributed by atoms with E-state index in [4.69, 9.17) is 9.72 Å². The van der Waals surface area contributed by atoms with Crippen molar-refractivity contribution in [2.45, 2.75) is 75.9 Å². The molecule has 0 aliphatic carbocycles. The molecule has 3 aromatic heterocycles. The maximum Gasteiger partial charge on any atom is 0.265 e. The standard InChI is InChI=1S/C32H37F4N7O3/c1-17-22-8-7-18-12-26(43(28(18)39-22)16-32(35,36)10-5-4-6-27(46-3)31(45)38-17)29-40-23-13-19(21(34)14-25(23)42(29)2)30(44)41-24-15-37-11-9-20(24)33/h7-8,12-14,17,20,24,27,37H,4-6,9-11,15-16H2,1-3H3,(H,38,45)(H,41,44)/t17-,20+,24+,27-/m1/s1. The number of carbonyl (C=O) groups excluding carboxylic acids is 2. The number of alkyl halides is 3. The van der Waals surface area contributed by atoms with Gasteiger partial charge in [-0.25, -0.2) is 27.5 Å². The molecule has 0 saturated carbocycles. The molecule has 46 heavy (non-hydrogen) atoms. The zero-order valence-corrected chi connectivity index (χ0v) is 25.9. The highest BCUT2D eigenvalue weighted by Gasteiger charge is 2.33. The van der Waals surface area contributed by atoms with Gasteiger partial charge in [-0.1, -0.05) is 6.42 Å². The van der Waals surface area contributed by atoms with Crippen molar-refractivity contribution < 1.29 is 31.9 Å². The lowest BCUT2D eigenvalue weighted by Gasteiger charge is -2.27. The molecule has 1 saturated heterocycles. The van der Waals surface area contributed by atoms with Gasteiger partial charge in [0.05, 0.1) is 46.6 Å². The Balaban J connectivity index is 1.42. The lowest BCUT2D eigenvalue weighted by atomic mass is 10.0. The van der Waals surface area contributed by atoms with Crippen LogP contribution in [0.15, 0.2) is 30.3 Å². The highest BCUT2D eigenvalue weighted by molar-refractivity contribution is 5.98. The number of benzene rings is 1. The molecule has 2 aliphatic heterocycles. The van der Waals surface area contributed by atoms with E-state index < -0.39 is 55.0 Å². The molecule has 1 fully saturated rings. The number of imidazole rings is 1. The first kappa shape index (κ1) is 31.9. The van der Waals surface area contributed by atoms with E-state index in [0.29, 0.717) is 41.7 Å². The Hall–Kier alpha value is -4.04. The van der Waals surface area contributed by atoms with Crippen molar-refractivity contribution in [3.05, 3.63) is 47.4 Å². The summed E-state index contributed by atoms with van der Waals surface area (Å²) in [6.45, 7) is 1.81. The van der Waals surface area contributed by atoms with E-state index in [9.17, 15) is 14.0 Å². The number of aryl methyl sites for hydroxylation is 1. The number of nitrogens with one attached hydrogen (secondary N) is 3. The molecule has 5 heterocycles. The number of fused-ring (bicyclic) bond motifs is 2. The number of carbonyl (C=O) groups is 2. The van der Waals surface area contributed by atoms with E-state index in [2.05, 4.69) is 20.9 Å². The number of methoxy groups -OCH3 is 1. The third kappa shape index (κ3) is 6.19. The summed E-state index contributed by atoms with van der Waals surface area (Å²) < 4.78 is 69.1. The lowest BCUT2D eigenvalue weighted by molar-refractivity contribution is -0.132. The Morgan fingerprint density at radius 2 is 1.96 bits per heavy atom. The average Bonchev–Trinajstić information content (AvgIpc) is 3.52. The highest BCUT2D eigenvalue weighted by Crippen LogP contribution is 2.35. The fourth-order valence-corrected chi connectivity index (χ4v) is 6.32. The fourth-order valence-electron chi connectivity index (χ4n) is 6.32. The van der Waals surface area contributed by atoms with Gasteiger partial charge in [-0.2, -0.15) is 0 Å². The Kier molecular flexibility index (Phi) is 8.77. The predicted molar refractivity (Wildman–Crippen MR) is 164 cm³/mol. The van der Waals surface area contributed by atoms with Gasteiger partial charge in [-0.3, -0.25) is 9.59 Å². The molecule has 2 bridgehead atoms. The molecule has 10 nitrogen and oxygen atoms in total. The van der Waals surface area contributed by atoms with E-state index in [1.54, 1.807) is 36.7 Å². The normalized spacial score (nSPS) is 24.2. The molecule has 14 heteroatoms. The Labute approximate surface area is 262 Å². The first-order chi connectivity index (χ1) is 22.0. The van der Waals surface area contributed by atoms with Gasteiger partial charge in [0.25, 0.3) is 11.8 Å². The number of hydrogen-bond donors (Lipinski definition) is 3. The van der Waals surface area contributed by atoms with Crippen LogP contribution >= 0.6 is 0 Å². The second kappa shape index (κ2) is 12.6. The molecular weight excluding hydrogens is 606 g/mol. The smallest absolute Gasteiger partial charge is 0.265 e. The van der Waals surface area contributed by atoms with Crippen molar-refractivity contribution in [3.8, 4) is 11.5 Å². The van der Waals surface area contributed by atoms with E-state index >= 15 is 13.2 Å². The minimum Gasteiger partial charge on any atom is -0.372 e. The van der Waals surface area contributed by atoms with Crippen molar-refractivity contribution in [1.82, 2.24) is 35.1 Å². The van der Waals surface area contributed by atoms with Crippen LogP contribution in [0.5, 0.6) is 0 Å². The molecule has 0 spiro atoms. The van der Waals surface area contributed by atoms with E-state index in [0.717, 1.165) is 0 Å². The maximum atomic E-state index is 15.6. The fraction of sp³-hybridized carbons (Fsp3) is 0.500. The van der Waals surface area contributed by atoms with Gasteiger partial charge < -0.3 is 29.8 Å². The van der Waals surface area contributed by atoms with Crippen molar-refractivity contribution >= 4 is 33.9 Å². The van der Waals surface area contributed by atoms with Crippen LogP contribution < -0.4 is 16.0 Å². The summed E-state index contributed by atoms with van der Waals surface area (Å²) >= 11 is 0. The van der Waals surface area contributed by atoms with Crippen LogP contribution in [-0.2, 0) is 23.1 Å². The molecule has 0 radical (unpaired) electrons. The summed E-state index contributed by atoms with van der Waals surface area (Å²) in [6, 6.07) is 6.32. The number of amides is 2. The zero-order chi connectivity index (χ0) is 32.7. The SMILES string of the molecule is CO[C@@H]1CCCCC(F)(F)Cn2c(-c3nc4cc(C(=O)N[C@H]5CNCC[C@@H]5F)c(F)cc4n3C)cc3ccc(nc32)[C@@H](C)NC1=O. The molecule has 1 aromatic carbocycles. The summed E-state index contributed by atoms with van der Waals surface area (Å²) in [7, 11) is 3.06. The first-order valence-electron chi connectivity index (χ1n) is 15.5. The largest absolute Gasteiger partial charge is 0.372 e. The zero-order valence-electron chi connectivity index (χ0n) is 25.9. The van der Waals surface area contributed by atoms with Crippen molar-refractivity contribution in [1.29, 1.82) is 0 Å². The molecular formula is C32H37F4N7O3. The van der Waals surface area contributed by atoms with Crippen LogP contribution in [0.1, 0.15) is 61.1 Å². The van der Waals surface area contributed by atoms with E-state index in [1.807, 2.05) is 0 Å². The predicted octanol–water partition coefficient (Wildman–Crippen LogP) is 4.56. The maximum absolute atomic E-state index is 15.6. The number of nitrogens with zero attached hydrogens (tertiary/aromatic N) is 4. The van der Waals surface area contributed by atoms with Crippen molar-refractivity contribution in [2.75, 3.05) is 20.2 Å². The molecule has 6 rings (SSSR count). The van der Waals surface area contributed by atoms with Crippen LogP contribution in [0, 0.1) is 5.82 Å². The topological polar surface area (TPSA) is 115 Å². The van der Waals surface area contributed by atoms with Crippen LogP contribution in [0.4, 0.5) is 17.6 Å². The molecule has 2 amide bonds. The number of aromatic nitrogens is 4. The molecule has 3 N–H and O–H groups in total. The van der Waals surface area contributed by atoms with Crippen molar-refractivity contribution in [3.63, 3.8) is 0 Å². The number of rotatable bonds is 4. The van der Waals surface area contributed by atoms with Gasteiger partial charge in [0.2, 0.25) is 5.91 Å². The number of halogens is 4. The summed E-state index contributed by atoms with van der Waals surface area (Å²) in [5.41, 5.74) is 1.42. The molecule has 2 aliphatic rings. The molecule has 246 valence electrons. The third-order valence-electron chi connectivity index (χ3n) is 8.95. The van der Waals surface area contributed by atoms with E-state index in [-0.39, 0.29) is 47.8 Å². The summed E-state index contributed by atoms with van der Waals surface area (Å²) in [5, 5.41) is 9.08.